The van der Waals surface area contributed by atoms with E-state index in [-0.39, 0.29) is 11.8 Å². The van der Waals surface area contributed by atoms with Gasteiger partial charge in [0.2, 0.25) is 0 Å². The van der Waals surface area contributed by atoms with Crippen molar-refractivity contribution in [3.05, 3.63) is 51.4 Å². The third kappa shape index (κ3) is 3.13. The highest BCUT2D eigenvalue weighted by molar-refractivity contribution is 7.07. The molecule has 1 aromatic carbocycles. The summed E-state index contributed by atoms with van der Waals surface area (Å²) < 4.78 is 0. The van der Waals surface area contributed by atoms with Crippen LogP contribution in [-0.4, -0.2) is 52.8 Å². The molecule has 0 radical (unpaired) electrons. The summed E-state index contributed by atoms with van der Waals surface area (Å²) in [7, 11) is 0. The number of rotatable bonds is 2. The molecule has 1 fully saturated rings. The first kappa shape index (κ1) is 15.0. The Morgan fingerprint density at radius 3 is 2.14 bits per heavy atom. The van der Waals surface area contributed by atoms with Crippen molar-refractivity contribution in [1.29, 1.82) is 0 Å². The van der Waals surface area contributed by atoms with E-state index in [2.05, 4.69) is 4.98 Å². The molecule has 0 saturated carbocycles. The van der Waals surface area contributed by atoms with E-state index < -0.39 is 0 Å². The van der Waals surface area contributed by atoms with Gasteiger partial charge < -0.3 is 9.80 Å². The molecule has 7 heteroatoms. The molecule has 114 valence electrons. The minimum Gasteiger partial charge on any atom is -0.335 e. The molecule has 2 amide bonds. The number of hydrogen-bond acceptors (Lipinski definition) is 4. The molecule has 0 unspecified atom stereocenters. The van der Waals surface area contributed by atoms with Gasteiger partial charge in [-0.1, -0.05) is 11.6 Å². The molecule has 0 aliphatic carbocycles. The summed E-state index contributed by atoms with van der Waals surface area (Å²) in [5.41, 5.74) is 2.74. The van der Waals surface area contributed by atoms with Gasteiger partial charge in [0, 0.05) is 42.1 Å². The third-order valence-corrected chi connectivity index (χ3v) is 4.44. The van der Waals surface area contributed by atoms with Crippen LogP contribution in [0.5, 0.6) is 0 Å². The number of hydrogen-bond donors (Lipinski definition) is 0. The fraction of sp³-hybridized carbons (Fsp3) is 0.267. The van der Waals surface area contributed by atoms with Crippen LogP contribution in [0.15, 0.2) is 35.2 Å². The van der Waals surface area contributed by atoms with Crippen LogP contribution in [0, 0.1) is 0 Å². The Hall–Kier alpha value is -1.92. The van der Waals surface area contributed by atoms with Crippen LogP contribution in [0.4, 0.5) is 0 Å². The van der Waals surface area contributed by atoms with Gasteiger partial charge in [-0.15, -0.1) is 11.3 Å². The number of carbonyl (C=O) groups is 2. The highest BCUT2D eigenvalue weighted by Gasteiger charge is 2.26. The molecule has 1 saturated heterocycles. The van der Waals surface area contributed by atoms with E-state index in [4.69, 9.17) is 11.6 Å². The number of piperazine rings is 1. The molecule has 0 N–H and O–H groups in total. The summed E-state index contributed by atoms with van der Waals surface area (Å²) in [6.07, 6.45) is 0. The van der Waals surface area contributed by atoms with Crippen LogP contribution >= 0.6 is 22.9 Å². The van der Waals surface area contributed by atoms with Gasteiger partial charge in [0.15, 0.2) is 0 Å². The van der Waals surface area contributed by atoms with Gasteiger partial charge in [-0.05, 0) is 24.3 Å². The second kappa shape index (κ2) is 6.46. The fourth-order valence-corrected chi connectivity index (χ4v) is 3.02. The van der Waals surface area contributed by atoms with Crippen molar-refractivity contribution in [2.45, 2.75) is 0 Å². The summed E-state index contributed by atoms with van der Waals surface area (Å²) >= 11 is 7.23. The van der Waals surface area contributed by atoms with E-state index in [0.29, 0.717) is 42.5 Å². The van der Waals surface area contributed by atoms with Crippen LogP contribution in [0.3, 0.4) is 0 Å². The van der Waals surface area contributed by atoms with Crippen LogP contribution in [0.2, 0.25) is 5.02 Å². The van der Waals surface area contributed by atoms with E-state index in [1.807, 2.05) is 0 Å². The van der Waals surface area contributed by atoms with Crippen molar-refractivity contribution >= 4 is 34.8 Å². The molecule has 0 spiro atoms. The van der Waals surface area contributed by atoms with Crippen LogP contribution in [0.25, 0.3) is 0 Å². The second-order valence-corrected chi connectivity index (χ2v) is 6.12. The van der Waals surface area contributed by atoms with Crippen LogP contribution in [0.1, 0.15) is 20.8 Å². The SMILES string of the molecule is O=C(c1ccc(Cl)cc1)N1CCN(C(=O)c2cscn2)CC1. The third-order valence-electron chi connectivity index (χ3n) is 3.60. The Kier molecular flexibility index (Phi) is 4.40. The lowest BCUT2D eigenvalue weighted by Gasteiger charge is -2.34. The zero-order valence-electron chi connectivity index (χ0n) is 11.7. The number of aromatic nitrogens is 1. The van der Waals surface area contributed by atoms with Gasteiger partial charge in [0.25, 0.3) is 11.8 Å². The average molecular weight is 336 g/mol. The Labute approximate surface area is 137 Å². The molecule has 2 aromatic rings. The van der Waals surface area contributed by atoms with Gasteiger partial charge in [0.05, 0.1) is 5.51 Å². The number of thiazole rings is 1. The molecule has 1 aliphatic rings. The van der Waals surface area contributed by atoms with E-state index in [9.17, 15) is 9.59 Å². The van der Waals surface area contributed by atoms with Crippen LogP contribution < -0.4 is 0 Å². The number of amides is 2. The standard InChI is InChI=1S/C15H14ClN3O2S/c16-12-3-1-11(2-4-12)14(20)18-5-7-19(8-6-18)15(21)13-9-22-10-17-13/h1-4,9-10H,5-8H2. The van der Waals surface area contributed by atoms with Gasteiger partial charge in [-0.25, -0.2) is 4.98 Å². The van der Waals surface area contributed by atoms with E-state index >= 15 is 0 Å². The largest absolute Gasteiger partial charge is 0.335 e. The van der Waals surface area contributed by atoms with Crippen molar-refractivity contribution in [3.63, 3.8) is 0 Å². The Bertz CT molecular complexity index is 665. The predicted octanol–water partition coefficient (Wildman–Crippen LogP) is 2.39. The topological polar surface area (TPSA) is 53.5 Å². The number of nitrogens with zero attached hydrogens (tertiary/aromatic N) is 3. The molecular weight excluding hydrogens is 322 g/mol. The smallest absolute Gasteiger partial charge is 0.273 e. The first-order valence-corrected chi connectivity index (χ1v) is 8.19. The fourth-order valence-electron chi connectivity index (χ4n) is 2.37. The maximum atomic E-state index is 12.4. The summed E-state index contributed by atoms with van der Waals surface area (Å²) in [4.78, 5) is 32.1. The van der Waals surface area contributed by atoms with Crippen molar-refractivity contribution in [2.24, 2.45) is 0 Å². The minimum absolute atomic E-state index is 0.0302. The average Bonchev–Trinajstić information content (AvgIpc) is 3.09. The van der Waals surface area contributed by atoms with E-state index in [1.54, 1.807) is 45.0 Å². The van der Waals surface area contributed by atoms with Crippen molar-refractivity contribution < 1.29 is 9.59 Å². The minimum atomic E-state index is -0.0696. The molecule has 1 aliphatic heterocycles. The Morgan fingerprint density at radius 2 is 1.59 bits per heavy atom. The summed E-state index contributed by atoms with van der Waals surface area (Å²) in [5, 5.41) is 2.35. The molecule has 22 heavy (non-hydrogen) atoms. The highest BCUT2D eigenvalue weighted by Crippen LogP contribution is 2.14. The van der Waals surface area contributed by atoms with Gasteiger partial charge >= 0.3 is 0 Å². The molecule has 5 nitrogen and oxygen atoms in total. The quantitative estimate of drug-likeness (QED) is 0.846. The lowest BCUT2D eigenvalue weighted by Crippen LogP contribution is -2.50. The number of carbonyl (C=O) groups excluding carboxylic acids is 2. The van der Waals surface area contributed by atoms with Crippen molar-refractivity contribution in [1.82, 2.24) is 14.8 Å². The summed E-state index contributed by atoms with van der Waals surface area (Å²) in [5.74, 6) is -0.0998. The Balaban J connectivity index is 1.60. The summed E-state index contributed by atoms with van der Waals surface area (Å²) in [6.45, 7) is 2.10. The predicted molar refractivity (Wildman–Crippen MR) is 85.4 cm³/mol. The molecule has 0 bridgehead atoms. The van der Waals surface area contributed by atoms with E-state index in [0.717, 1.165) is 0 Å². The maximum Gasteiger partial charge on any atom is 0.273 e. The number of halogens is 1. The van der Waals surface area contributed by atoms with Crippen LogP contribution in [-0.2, 0) is 0 Å². The molecular formula is C15H14ClN3O2S. The first-order chi connectivity index (χ1) is 10.6. The normalized spacial score (nSPS) is 15.0. The molecule has 3 rings (SSSR count). The number of benzene rings is 1. The molecule has 0 atom stereocenters. The van der Waals surface area contributed by atoms with E-state index in [1.165, 1.54) is 11.3 Å². The second-order valence-electron chi connectivity index (χ2n) is 4.96. The zero-order valence-corrected chi connectivity index (χ0v) is 13.3. The monoisotopic (exact) mass is 335 g/mol. The Morgan fingerprint density at radius 1 is 1.00 bits per heavy atom. The molecule has 1 aromatic heterocycles. The summed E-state index contributed by atoms with van der Waals surface area (Å²) in [6, 6.07) is 6.85. The molecule has 2 heterocycles. The lowest BCUT2D eigenvalue weighted by atomic mass is 10.2. The van der Waals surface area contributed by atoms with Crippen molar-refractivity contribution in [3.8, 4) is 0 Å². The van der Waals surface area contributed by atoms with Gasteiger partial charge in [0.1, 0.15) is 5.69 Å². The van der Waals surface area contributed by atoms with Crippen molar-refractivity contribution in [2.75, 3.05) is 26.2 Å². The van der Waals surface area contributed by atoms with Gasteiger partial charge in [-0.2, -0.15) is 0 Å². The lowest BCUT2D eigenvalue weighted by molar-refractivity contribution is 0.0533. The van der Waals surface area contributed by atoms with Gasteiger partial charge in [-0.3, -0.25) is 9.59 Å². The highest BCUT2D eigenvalue weighted by atomic mass is 35.5. The zero-order chi connectivity index (χ0) is 15.5. The maximum absolute atomic E-state index is 12.4. The first-order valence-electron chi connectivity index (χ1n) is 6.87.